The van der Waals surface area contributed by atoms with Crippen molar-refractivity contribution in [3.8, 4) is 0 Å². The van der Waals surface area contributed by atoms with E-state index in [1.807, 2.05) is 12.1 Å². The number of hydrogen-bond donors (Lipinski definition) is 4. The number of rotatable bonds is 10. The average molecular weight is 483 g/mol. The Kier molecular flexibility index (Phi) is 9.06. The van der Waals surface area contributed by atoms with Crippen LogP contribution in [0.5, 0.6) is 0 Å². The van der Waals surface area contributed by atoms with Crippen LogP contribution in [0.4, 0.5) is 10.5 Å². The predicted molar refractivity (Wildman–Crippen MR) is 135 cm³/mol. The summed E-state index contributed by atoms with van der Waals surface area (Å²) in [6.07, 6.45) is 2.93. The number of carbonyl (C=O) groups excluding carboxylic acids is 3. The van der Waals surface area contributed by atoms with E-state index >= 15 is 0 Å². The summed E-state index contributed by atoms with van der Waals surface area (Å²) in [6, 6.07) is 15.1. The van der Waals surface area contributed by atoms with Crippen LogP contribution in [0.2, 0.25) is 0 Å². The number of nitrogens with zero attached hydrogens (tertiary/aromatic N) is 2. The Labute approximate surface area is 203 Å². The first-order valence-electron chi connectivity index (χ1n) is 11.2. The van der Waals surface area contributed by atoms with Crippen molar-refractivity contribution in [2.45, 2.75) is 44.3 Å². The number of carbonyl (C=O) groups is 3. The Bertz CT molecular complexity index is 1040. The van der Waals surface area contributed by atoms with Gasteiger partial charge in [0.1, 0.15) is 0 Å². The number of aryl methyl sites for hydroxylation is 1. The Hall–Kier alpha value is -3.37. The highest BCUT2D eigenvalue weighted by Crippen LogP contribution is 2.30. The molecule has 3 rings (SSSR count). The summed E-state index contributed by atoms with van der Waals surface area (Å²) in [5, 5.41) is 5.76. The van der Waals surface area contributed by atoms with Gasteiger partial charge < -0.3 is 16.6 Å². The summed E-state index contributed by atoms with van der Waals surface area (Å²) < 4.78 is 0. The number of nitrogens with two attached hydrogens (primary N) is 2. The quantitative estimate of drug-likeness (QED) is 0.134. The maximum atomic E-state index is 12.7. The number of hydrazine groups is 1. The van der Waals surface area contributed by atoms with Gasteiger partial charge in [-0.15, -0.1) is 0 Å². The van der Waals surface area contributed by atoms with Gasteiger partial charge in [-0.05, 0) is 61.1 Å². The summed E-state index contributed by atoms with van der Waals surface area (Å²) in [5.41, 5.74) is 6.02. The normalized spacial score (nSPS) is 16.1. The number of unbranched alkanes of at least 4 members (excludes halogenated alkanes) is 1. The van der Waals surface area contributed by atoms with E-state index in [2.05, 4.69) is 34.9 Å². The summed E-state index contributed by atoms with van der Waals surface area (Å²) in [5.74, 6) is 10.6. The molecular weight excluding hydrogens is 452 g/mol. The number of benzene rings is 2. The lowest BCUT2D eigenvalue weighted by atomic mass is 10.1. The fraction of sp³-hybridized carbons (Fsp3) is 0.333. The van der Waals surface area contributed by atoms with Gasteiger partial charge >= 0.3 is 0 Å². The third-order valence-corrected chi connectivity index (χ3v) is 6.68. The molecule has 180 valence electrons. The fourth-order valence-corrected chi connectivity index (χ4v) is 4.70. The van der Waals surface area contributed by atoms with Gasteiger partial charge in [-0.3, -0.25) is 19.3 Å². The molecule has 34 heavy (non-hydrogen) atoms. The SMILES string of the molecule is CCc1ccc(CC2SC(=O)N(CCCCC(=O)Nc3ccc(/C(=N/N)NN)cc3)C2=O)cc1. The van der Waals surface area contributed by atoms with Gasteiger partial charge in [-0.2, -0.15) is 5.10 Å². The number of nitrogens with one attached hydrogen (secondary N) is 2. The van der Waals surface area contributed by atoms with Crippen LogP contribution in [-0.2, 0) is 22.4 Å². The van der Waals surface area contributed by atoms with Crippen molar-refractivity contribution in [1.29, 1.82) is 0 Å². The largest absolute Gasteiger partial charge is 0.326 e. The number of amidine groups is 1. The molecule has 9 nitrogen and oxygen atoms in total. The first-order valence-corrected chi connectivity index (χ1v) is 12.1. The predicted octanol–water partition coefficient (Wildman–Crippen LogP) is 2.75. The van der Waals surface area contributed by atoms with E-state index in [9.17, 15) is 14.4 Å². The first kappa shape index (κ1) is 25.3. The van der Waals surface area contributed by atoms with E-state index in [-0.39, 0.29) is 28.7 Å². The van der Waals surface area contributed by atoms with Gasteiger partial charge in [0.25, 0.3) is 5.24 Å². The minimum Gasteiger partial charge on any atom is -0.326 e. The maximum absolute atomic E-state index is 12.7. The van der Waals surface area contributed by atoms with Crippen molar-refractivity contribution >= 4 is 40.3 Å². The molecular formula is C24H30N6O3S. The maximum Gasteiger partial charge on any atom is 0.289 e. The van der Waals surface area contributed by atoms with Crippen molar-refractivity contribution in [3.05, 3.63) is 65.2 Å². The number of hydrogen-bond acceptors (Lipinski definition) is 7. The molecule has 1 fully saturated rings. The number of imide groups is 1. The van der Waals surface area contributed by atoms with Gasteiger partial charge in [0.15, 0.2) is 5.84 Å². The number of anilines is 1. The first-order chi connectivity index (χ1) is 16.4. The number of hydrazone groups is 1. The molecule has 2 aromatic carbocycles. The molecule has 6 N–H and O–H groups in total. The Morgan fingerprint density at radius 2 is 1.74 bits per heavy atom. The zero-order valence-corrected chi connectivity index (χ0v) is 19.9. The van der Waals surface area contributed by atoms with Crippen LogP contribution < -0.4 is 22.4 Å². The van der Waals surface area contributed by atoms with E-state index < -0.39 is 0 Å². The lowest BCUT2D eigenvalue weighted by Gasteiger charge is -2.14. The molecule has 0 aromatic heterocycles. The smallest absolute Gasteiger partial charge is 0.289 e. The zero-order valence-electron chi connectivity index (χ0n) is 19.1. The topological polar surface area (TPSA) is 143 Å². The van der Waals surface area contributed by atoms with Crippen LogP contribution >= 0.6 is 11.8 Å². The molecule has 1 aliphatic heterocycles. The molecule has 1 aliphatic rings. The second-order valence-electron chi connectivity index (χ2n) is 7.94. The number of thioether (sulfide) groups is 1. The van der Waals surface area contributed by atoms with E-state index in [0.29, 0.717) is 42.9 Å². The van der Waals surface area contributed by atoms with Crippen molar-refractivity contribution in [1.82, 2.24) is 10.3 Å². The van der Waals surface area contributed by atoms with Crippen LogP contribution in [-0.4, -0.2) is 39.6 Å². The lowest BCUT2D eigenvalue weighted by Crippen LogP contribution is -2.33. The highest BCUT2D eigenvalue weighted by atomic mass is 32.2. The summed E-state index contributed by atoms with van der Waals surface area (Å²) >= 11 is 1.09. The highest BCUT2D eigenvalue weighted by Gasteiger charge is 2.38. The summed E-state index contributed by atoms with van der Waals surface area (Å²) in [6.45, 7) is 2.42. The average Bonchev–Trinajstić information content (AvgIpc) is 3.11. The Balaban J connectivity index is 1.41. The van der Waals surface area contributed by atoms with Crippen LogP contribution in [0.15, 0.2) is 53.6 Å². The van der Waals surface area contributed by atoms with Crippen molar-refractivity contribution in [3.63, 3.8) is 0 Å². The second-order valence-corrected chi connectivity index (χ2v) is 9.10. The molecule has 0 saturated carbocycles. The molecule has 1 unspecified atom stereocenters. The van der Waals surface area contributed by atoms with E-state index in [1.54, 1.807) is 24.3 Å². The van der Waals surface area contributed by atoms with Crippen molar-refractivity contribution < 1.29 is 14.4 Å². The van der Waals surface area contributed by atoms with Gasteiger partial charge in [0.2, 0.25) is 11.8 Å². The third kappa shape index (κ3) is 6.58. The fourth-order valence-electron chi connectivity index (χ4n) is 3.64. The van der Waals surface area contributed by atoms with Gasteiger partial charge in [0, 0.05) is 24.2 Å². The lowest BCUT2D eigenvalue weighted by molar-refractivity contribution is -0.126. The second kappa shape index (κ2) is 12.2. The van der Waals surface area contributed by atoms with Crippen LogP contribution in [0.25, 0.3) is 0 Å². The zero-order chi connectivity index (χ0) is 24.5. The monoisotopic (exact) mass is 482 g/mol. The molecule has 1 heterocycles. The molecule has 0 aliphatic carbocycles. The van der Waals surface area contributed by atoms with Crippen molar-refractivity contribution in [2.75, 3.05) is 11.9 Å². The highest BCUT2D eigenvalue weighted by molar-refractivity contribution is 8.15. The molecule has 0 bridgehead atoms. The van der Waals surface area contributed by atoms with Gasteiger partial charge in [0.05, 0.1) is 5.25 Å². The molecule has 2 aromatic rings. The van der Waals surface area contributed by atoms with E-state index in [0.717, 1.165) is 23.7 Å². The van der Waals surface area contributed by atoms with E-state index in [4.69, 9.17) is 11.7 Å². The van der Waals surface area contributed by atoms with E-state index in [1.165, 1.54) is 10.5 Å². The molecule has 0 radical (unpaired) electrons. The summed E-state index contributed by atoms with van der Waals surface area (Å²) in [7, 11) is 0. The molecule has 1 saturated heterocycles. The van der Waals surface area contributed by atoms with Crippen LogP contribution in [0.1, 0.15) is 42.9 Å². The Morgan fingerprint density at radius 3 is 2.35 bits per heavy atom. The molecule has 0 spiro atoms. The summed E-state index contributed by atoms with van der Waals surface area (Å²) in [4.78, 5) is 38.6. The van der Waals surface area contributed by atoms with Crippen molar-refractivity contribution in [2.24, 2.45) is 16.8 Å². The minimum absolute atomic E-state index is 0.140. The molecule has 3 amide bonds. The minimum atomic E-state index is -0.384. The number of amides is 3. The Morgan fingerprint density at radius 1 is 1.06 bits per heavy atom. The van der Waals surface area contributed by atoms with Gasteiger partial charge in [-0.25, -0.2) is 5.84 Å². The third-order valence-electron chi connectivity index (χ3n) is 5.60. The molecule has 10 heteroatoms. The molecule has 1 atom stereocenters. The van der Waals surface area contributed by atoms with Gasteiger partial charge in [-0.1, -0.05) is 43.0 Å². The van der Waals surface area contributed by atoms with Crippen LogP contribution in [0, 0.1) is 0 Å². The standard InChI is InChI=1S/C24H30N6O3S/c1-2-16-6-8-17(9-7-16)15-20-23(32)30(24(33)34-20)14-4-3-5-21(31)27-19-12-10-18(11-13-19)22(28-25)29-26/h6-13,20H,2-5,14-15,25-26H2,1H3,(H,27,31)(H,28,29). The van der Waals surface area contributed by atoms with Crippen LogP contribution in [0.3, 0.4) is 0 Å².